The van der Waals surface area contributed by atoms with Crippen molar-refractivity contribution in [1.82, 2.24) is 9.97 Å². The van der Waals surface area contributed by atoms with Crippen LogP contribution in [0.15, 0.2) is 57.3 Å². The Morgan fingerprint density at radius 1 is 1.00 bits per heavy atom. The Hall–Kier alpha value is -0.870. The van der Waals surface area contributed by atoms with Crippen LogP contribution in [-0.2, 0) is 0 Å². The third kappa shape index (κ3) is 2.33. The van der Waals surface area contributed by atoms with Crippen LogP contribution in [0.5, 0.6) is 0 Å². The first-order valence-electron chi connectivity index (χ1n) is 4.05. The number of pyridine rings is 2. The SMILES string of the molecule is Brc1cccnc1Sc1ccccn1. The van der Waals surface area contributed by atoms with E-state index in [0.29, 0.717) is 0 Å². The zero-order valence-electron chi connectivity index (χ0n) is 7.22. The van der Waals surface area contributed by atoms with Gasteiger partial charge in [-0.15, -0.1) is 0 Å². The number of nitrogens with zero attached hydrogens (tertiary/aromatic N) is 2. The highest BCUT2D eigenvalue weighted by Crippen LogP contribution is 2.29. The summed E-state index contributed by atoms with van der Waals surface area (Å²) >= 11 is 4.99. The lowest BCUT2D eigenvalue weighted by Gasteiger charge is -2.00. The average molecular weight is 267 g/mol. The second-order valence-electron chi connectivity index (χ2n) is 2.56. The first-order chi connectivity index (χ1) is 6.86. The Kier molecular flexibility index (Phi) is 3.16. The second-order valence-corrected chi connectivity index (χ2v) is 4.42. The molecule has 0 aliphatic rings. The summed E-state index contributed by atoms with van der Waals surface area (Å²) in [5.74, 6) is 0. The number of hydrogen-bond acceptors (Lipinski definition) is 3. The average Bonchev–Trinajstić information content (AvgIpc) is 2.23. The van der Waals surface area contributed by atoms with Crippen molar-refractivity contribution in [3.05, 3.63) is 47.2 Å². The van der Waals surface area contributed by atoms with Crippen molar-refractivity contribution in [3.63, 3.8) is 0 Å². The molecule has 2 rings (SSSR count). The predicted molar refractivity (Wildman–Crippen MR) is 60.3 cm³/mol. The van der Waals surface area contributed by atoms with Crippen LogP contribution in [0.2, 0.25) is 0 Å². The van der Waals surface area contributed by atoms with Crippen molar-refractivity contribution < 1.29 is 0 Å². The van der Waals surface area contributed by atoms with Gasteiger partial charge in [-0.2, -0.15) is 0 Å². The molecular formula is C10H7BrN2S. The van der Waals surface area contributed by atoms with Gasteiger partial charge in [0.25, 0.3) is 0 Å². The molecule has 4 heteroatoms. The smallest absolute Gasteiger partial charge is 0.116 e. The Morgan fingerprint density at radius 3 is 2.57 bits per heavy atom. The van der Waals surface area contributed by atoms with Crippen LogP contribution in [0, 0.1) is 0 Å². The molecule has 0 aliphatic heterocycles. The lowest BCUT2D eigenvalue weighted by atomic mass is 10.5. The maximum absolute atomic E-state index is 4.25. The number of aromatic nitrogens is 2. The van der Waals surface area contributed by atoms with E-state index in [1.54, 1.807) is 24.2 Å². The van der Waals surface area contributed by atoms with E-state index in [-0.39, 0.29) is 0 Å². The van der Waals surface area contributed by atoms with Crippen molar-refractivity contribution in [3.8, 4) is 0 Å². The third-order valence-corrected chi connectivity index (χ3v) is 3.44. The van der Waals surface area contributed by atoms with Gasteiger partial charge in [0.1, 0.15) is 10.1 Å². The van der Waals surface area contributed by atoms with Gasteiger partial charge in [-0.25, -0.2) is 9.97 Å². The molecule has 2 aromatic rings. The van der Waals surface area contributed by atoms with E-state index in [4.69, 9.17) is 0 Å². The van der Waals surface area contributed by atoms with Crippen LogP contribution in [0.4, 0.5) is 0 Å². The monoisotopic (exact) mass is 266 g/mol. The molecule has 0 aromatic carbocycles. The number of hydrogen-bond donors (Lipinski definition) is 0. The van der Waals surface area contributed by atoms with E-state index in [2.05, 4.69) is 25.9 Å². The molecule has 0 aliphatic carbocycles. The minimum atomic E-state index is 0.936. The van der Waals surface area contributed by atoms with Gasteiger partial charge in [0.2, 0.25) is 0 Å². The Bertz CT molecular complexity index is 419. The Balaban J connectivity index is 2.24. The molecule has 0 spiro atoms. The third-order valence-electron chi connectivity index (χ3n) is 1.56. The number of halogens is 1. The molecular weight excluding hydrogens is 260 g/mol. The van der Waals surface area contributed by atoms with E-state index >= 15 is 0 Å². The van der Waals surface area contributed by atoms with Crippen LogP contribution in [0.3, 0.4) is 0 Å². The van der Waals surface area contributed by atoms with E-state index in [0.717, 1.165) is 14.5 Å². The fourth-order valence-corrected chi connectivity index (χ4v) is 2.19. The molecule has 0 radical (unpaired) electrons. The van der Waals surface area contributed by atoms with Crippen molar-refractivity contribution in [1.29, 1.82) is 0 Å². The van der Waals surface area contributed by atoms with Gasteiger partial charge in [0, 0.05) is 12.4 Å². The van der Waals surface area contributed by atoms with Crippen LogP contribution in [-0.4, -0.2) is 9.97 Å². The lowest BCUT2D eigenvalue weighted by Crippen LogP contribution is -1.82. The molecule has 0 unspecified atom stereocenters. The molecule has 0 fully saturated rings. The van der Waals surface area contributed by atoms with Crippen molar-refractivity contribution in [2.24, 2.45) is 0 Å². The summed E-state index contributed by atoms with van der Waals surface area (Å²) in [6.07, 6.45) is 3.55. The van der Waals surface area contributed by atoms with Crippen molar-refractivity contribution in [2.45, 2.75) is 10.1 Å². The van der Waals surface area contributed by atoms with Crippen molar-refractivity contribution in [2.75, 3.05) is 0 Å². The predicted octanol–water partition coefficient (Wildman–Crippen LogP) is 3.39. The first-order valence-corrected chi connectivity index (χ1v) is 5.66. The van der Waals surface area contributed by atoms with E-state index in [1.807, 2.05) is 30.3 Å². The molecule has 2 aromatic heterocycles. The minimum absolute atomic E-state index is 0.936. The summed E-state index contributed by atoms with van der Waals surface area (Å²) < 4.78 is 0.996. The minimum Gasteiger partial charge on any atom is -0.250 e. The molecule has 0 amide bonds. The molecule has 2 nitrogen and oxygen atoms in total. The van der Waals surface area contributed by atoms with Gasteiger partial charge in [-0.05, 0) is 52.0 Å². The van der Waals surface area contributed by atoms with Gasteiger partial charge in [0.15, 0.2) is 0 Å². The number of rotatable bonds is 2. The van der Waals surface area contributed by atoms with Crippen LogP contribution in [0.1, 0.15) is 0 Å². The topological polar surface area (TPSA) is 25.8 Å². The van der Waals surface area contributed by atoms with Gasteiger partial charge in [0.05, 0.1) is 4.47 Å². The highest BCUT2D eigenvalue weighted by molar-refractivity contribution is 9.10. The molecule has 14 heavy (non-hydrogen) atoms. The van der Waals surface area contributed by atoms with Crippen molar-refractivity contribution >= 4 is 27.7 Å². The quantitative estimate of drug-likeness (QED) is 0.834. The highest BCUT2D eigenvalue weighted by Gasteiger charge is 2.02. The summed E-state index contributed by atoms with van der Waals surface area (Å²) in [6, 6.07) is 9.69. The van der Waals surface area contributed by atoms with Gasteiger partial charge >= 0.3 is 0 Å². The fourth-order valence-electron chi connectivity index (χ4n) is 0.953. The largest absolute Gasteiger partial charge is 0.250 e. The lowest BCUT2D eigenvalue weighted by molar-refractivity contribution is 1.08. The molecule has 0 atom stereocenters. The first kappa shape index (κ1) is 9.68. The molecule has 2 heterocycles. The zero-order valence-corrected chi connectivity index (χ0v) is 9.62. The summed E-state index contributed by atoms with van der Waals surface area (Å²) in [4.78, 5) is 8.47. The second kappa shape index (κ2) is 4.57. The normalized spacial score (nSPS) is 10.1. The maximum Gasteiger partial charge on any atom is 0.116 e. The maximum atomic E-state index is 4.25. The molecule has 70 valence electrons. The fraction of sp³-hybridized carbons (Fsp3) is 0. The van der Waals surface area contributed by atoms with E-state index in [9.17, 15) is 0 Å². The van der Waals surface area contributed by atoms with Crippen LogP contribution < -0.4 is 0 Å². The Morgan fingerprint density at radius 2 is 1.86 bits per heavy atom. The van der Waals surface area contributed by atoms with Crippen LogP contribution in [0.25, 0.3) is 0 Å². The summed E-state index contributed by atoms with van der Waals surface area (Å²) in [5.41, 5.74) is 0. The van der Waals surface area contributed by atoms with E-state index < -0.39 is 0 Å². The summed E-state index contributed by atoms with van der Waals surface area (Å²) in [7, 11) is 0. The Labute approximate surface area is 94.9 Å². The van der Waals surface area contributed by atoms with E-state index in [1.165, 1.54) is 0 Å². The van der Waals surface area contributed by atoms with Gasteiger partial charge in [-0.1, -0.05) is 6.07 Å². The summed E-state index contributed by atoms with van der Waals surface area (Å²) in [5, 5.41) is 1.89. The molecule has 0 N–H and O–H groups in total. The zero-order chi connectivity index (χ0) is 9.80. The van der Waals surface area contributed by atoms with Gasteiger partial charge in [-0.3, -0.25) is 0 Å². The molecule has 0 bridgehead atoms. The standard InChI is InChI=1S/C10H7BrN2S/c11-8-4-3-7-13-10(8)14-9-5-1-2-6-12-9/h1-7H. The molecule has 0 saturated heterocycles. The van der Waals surface area contributed by atoms with Crippen LogP contribution >= 0.6 is 27.7 Å². The summed E-state index contributed by atoms with van der Waals surface area (Å²) in [6.45, 7) is 0. The molecule has 0 saturated carbocycles. The highest BCUT2D eigenvalue weighted by atomic mass is 79.9. The van der Waals surface area contributed by atoms with Gasteiger partial charge < -0.3 is 0 Å².